The number of nitrogens with one attached hydrogen (secondary N) is 1. The number of fused-ring (bicyclic) bond motifs is 2. The van der Waals surface area contributed by atoms with Crippen LogP contribution < -0.4 is 5.32 Å². The number of aliphatic carboxylic acids is 1. The van der Waals surface area contributed by atoms with Crippen LogP contribution >= 0.6 is 0 Å². The standard InChI is InChI=1S/C17H19NO5S/c1-9-3-6-12(24(2,22)23)8-13(9)18-16(19)14-10-4-5-11(7-10)15(14)17(20)21/h3-6,8,10-11,14-15H,7H2,1-2H3,(H,18,19)(H,20,21)/t10-,11-,14+,15-/m0/s1. The number of anilines is 1. The Bertz CT molecular complexity index is 843. The van der Waals surface area contributed by atoms with E-state index in [1.807, 2.05) is 12.2 Å². The molecule has 2 aliphatic carbocycles. The van der Waals surface area contributed by atoms with E-state index in [1.165, 1.54) is 12.1 Å². The molecule has 1 aromatic rings. The van der Waals surface area contributed by atoms with Crippen molar-refractivity contribution >= 4 is 27.4 Å². The zero-order valence-corrected chi connectivity index (χ0v) is 14.2. The van der Waals surface area contributed by atoms with Gasteiger partial charge in [0, 0.05) is 11.9 Å². The summed E-state index contributed by atoms with van der Waals surface area (Å²) in [5.74, 6) is -2.86. The van der Waals surface area contributed by atoms with Crippen LogP contribution in [0.25, 0.3) is 0 Å². The Kier molecular flexibility index (Phi) is 3.99. The Morgan fingerprint density at radius 2 is 1.79 bits per heavy atom. The van der Waals surface area contributed by atoms with Gasteiger partial charge in [-0.1, -0.05) is 18.2 Å². The van der Waals surface area contributed by atoms with E-state index < -0.39 is 27.6 Å². The van der Waals surface area contributed by atoms with Gasteiger partial charge in [-0.2, -0.15) is 0 Å². The summed E-state index contributed by atoms with van der Waals surface area (Å²) in [7, 11) is -3.39. The maximum atomic E-state index is 12.7. The lowest BCUT2D eigenvalue weighted by Crippen LogP contribution is -2.36. The van der Waals surface area contributed by atoms with Crippen LogP contribution in [0.2, 0.25) is 0 Å². The molecule has 6 nitrogen and oxygen atoms in total. The van der Waals surface area contributed by atoms with Gasteiger partial charge in [0.15, 0.2) is 9.84 Å². The SMILES string of the molecule is Cc1ccc(S(C)(=O)=O)cc1NC(=O)[C@H]1[C@@H](C(=O)O)[C@H]2C=C[C@H]1C2. The van der Waals surface area contributed by atoms with Gasteiger partial charge in [0.25, 0.3) is 0 Å². The van der Waals surface area contributed by atoms with Gasteiger partial charge in [0.2, 0.25) is 5.91 Å². The number of carbonyl (C=O) groups is 2. The molecule has 0 radical (unpaired) electrons. The van der Waals surface area contributed by atoms with E-state index in [4.69, 9.17) is 0 Å². The summed E-state index contributed by atoms with van der Waals surface area (Å²) in [6, 6.07) is 4.53. The molecular formula is C17H19NO5S. The Morgan fingerprint density at radius 1 is 1.17 bits per heavy atom. The highest BCUT2D eigenvalue weighted by atomic mass is 32.2. The lowest BCUT2D eigenvalue weighted by Gasteiger charge is -2.24. The van der Waals surface area contributed by atoms with Crippen molar-refractivity contribution in [2.75, 3.05) is 11.6 Å². The molecule has 24 heavy (non-hydrogen) atoms. The van der Waals surface area contributed by atoms with Gasteiger partial charge in [0.1, 0.15) is 0 Å². The number of carboxylic acids is 1. The molecule has 0 heterocycles. The lowest BCUT2D eigenvalue weighted by atomic mass is 9.82. The number of hydrogen-bond acceptors (Lipinski definition) is 4. The summed E-state index contributed by atoms with van der Waals surface area (Å²) >= 11 is 0. The number of carboxylic acid groups (broad SMARTS) is 1. The number of aryl methyl sites for hydroxylation is 1. The van der Waals surface area contributed by atoms with E-state index in [2.05, 4.69) is 5.32 Å². The normalized spacial score (nSPS) is 28.1. The molecular weight excluding hydrogens is 330 g/mol. The minimum atomic E-state index is -3.39. The zero-order valence-electron chi connectivity index (χ0n) is 13.4. The van der Waals surface area contributed by atoms with Crippen LogP contribution in [0.4, 0.5) is 5.69 Å². The Morgan fingerprint density at radius 3 is 2.38 bits per heavy atom. The highest BCUT2D eigenvalue weighted by Crippen LogP contribution is 2.48. The van der Waals surface area contributed by atoms with Crippen molar-refractivity contribution in [1.82, 2.24) is 0 Å². The summed E-state index contributed by atoms with van der Waals surface area (Å²) in [6.45, 7) is 1.76. The molecule has 2 aliphatic rings. The fraction of sp³-hybridized carbons (Fsp3) is 0.412. The highest BCUT2D eigenvalue weighted by Gasteiger charge is 2.51. The number of allylic oxidation sites excluding steroid dienone is 2. The Hall–Kier alpha value is -2.15. The smallest absolute Gasteiger partial charge is 0.307 e. The highest BCUT2D eigenvalue weighted by molar-refractivity contribution is 7.90. The van der Waals surface area contributed by atoms with Gasteiger partial charge >= 0.3 is 5.97 Å². The fourth-order valence-corrected chi connectivity index (χ4v) is 4.35. The average Bonchev–Trinajstić information content (AvgIpc) is 3.08. The van der Waals surface area contributed by atoms with E-state index in [0.29, 0.717) is 12.1 Å². The second kappa shape index (κ2) is 5.73. The summed E-state index contributed by atoms with van der Waals surface area (Å²) in [5.41, 5.74) is 1.13. The zero-order chi connectivity index (χ0) is 17.6. The minimum Gasteiger partial charge on any atom is -0.481 e. The molecule has 3 rings (SSSR count). The predicted octanol–water partition coefficient (Wildman–Crippen LogP) is 1.86. The molecule has 2 N–H and O–H groups in total. The number of carbonyl (C=O) groups excluding carboxylic acids is 1. The third-order valence-electron chi connectivity index (χ3n) is 4.94. The molecule has 128 valence electrons. The molecule has 2 bridgehead atoms. The van der Waals surface area contributed by atoms with Crippen LogP contribution in [0.15, 0.2) is 35.2 Å². The Labute approximate surface area is 140 Å². The Balaban J connectivity index is 1.88. The number of benzene rings is 1. The third kappa shape index (κ3) is 2.84. The van der Waals surface area contributed by atoms with Gasteiger partial charge in [-0.3, -0.25) is 9.59 Å². The van der Waals surface area contributed by atoms with Gasteiger partial charge in [-0.25, -0.2) is 8.42 Å². The number of amides is 1. The molecule has 1 aromatic carbocycles. The van der Waals surface area contributed by atoms with E-state index in [-0.39, 0.29) is 22.6 Å². The van der Waals surface area contributed by atoms with E-state index in [0.717, 1.165) is 11.8 Å². The second-order valence-electron chi connectivity index (χ2n) is 6.58. The first-order chi connectivity index (χ1) is 11.2. The van der Waals surface area contributed by atoms with Crippen molar-refractivity contribution in [3.05, 3.63) is 35.9 Å². The lowest BCUT2D eigenvalue weighted by molar-refractivity contribution is -0.146. The van der Waals surface area contributed by atoms with Crippen molar-refractivity contribution in [3.63, 3.8) is 0 Å². The van der Waals surface area contributed by atoms with Crippen LogP contribution in [0.5, 0.6) is 0 Å². The molecule has 0 saturated heterocycles. The van der Waals surface area contributed by atoms with Gasteiger partial charge < -0.3 is 10.4 Å². The van der Waals surface area contributed by atoms with Crippen molar-refractivity contribution in [1.29, 1.82) is 0 Å². The molecule has 0 aliphatic heterocycles. The van der Waals surface area contributed by atoms with Crippen LogP contribution in [0.3, 0.4) is 0 Å². The first-order valence-electron chi connectivity index (χ1n) is 7.71. The second-order valence-corrected chi connectivity index (χ2v) is 8.59. The van der Waals surface area contributed by atoms with Crippen LogP contribution in [0, 0.1) is 30.6 Å². The van der Waals surface area contributed by atoms with Crippen LogP contribution in [0.1, 0.15) is 12.0 Å². The van der Waals surface area contributed by atoms with Gasteiger partial charge in [-0.05, 0) is 42.9 Å². The number of rotatable bonds is 4. The summed E-state index contributed by atoms with van der Waals surface area (Å²) in [4.78, 5) is 24.3. The maximum Gasteiger partial charge on any atom is 0.307 e. The van der Waals surface area contributed by atoms with E-state index in [9.17, 15) is 23.1 Å². The summed E-state index contributed by atoms with van der Waals surface area (Å²) in [5, 5.41) is 12.2. The maximum absolute atomic E-state index is 12.7. The van der Waals surface area contributed by atoms with E-state index in [1.54, 1.807) is 13.0 Å². The molecule has 1 fully saturated rings. The molecule has 1 saturated carbocycles. The molecule has 1 amide bonds. The third-order valence-corrected chi connectivity index (χ3v) is 6.05. The largest absolute Gasteiger partial charge is 0.481 e. The van der Waals surface area contributed by atoms with Crippen molar-refractivity contribution in [3.8, 4) is 0 Å². The van der Waals surface area contributed by atoms with Crippen LogP contribution in [-0.4, -0.2) is 31.7 Å². The summed E-state index contributed by atoms with van der Waals surface area (Å²) < 4.78 is 23.4. The van der Waals surface area contributed by atoms with Gasteiger partial charge in [-0.15, -0.1) is 0 Å². The topological polar surface area (TPSA) is 101 Å². The monoisotopic (exact) mass is 349 g/mol. The summed E-state index contributed by atoms with van der Waals surface area (Å²) in [6.07, 6.45) is 5.57. The van der Waals surface area contributed by atoms with Crippen molar-refractivity contribution in [2.45, 2.75) is 18.2 Å². The van der Waals surface area contributed by atoms with Gasteiger partial charge in [0.05, 0.1) is 16.7 Å². The van der Waals surface area contributed by atoms with Crippen LogP contribution in [-0.2, 0) is 19.4 Å². The first kappa shape index (κ1) is 16.7. The number of sulfone groups is 1. The molecule has 0 unspecified atom stereocenters. The average molecular weight is 349 g/mol. The molecule has 4 atom stereocenters. The quantitative estimate of drug-likeness (QED) is 0.808. The predicted molar refractivity (Wildman–Crippen MR) is 88.3 cm³/mol. The molecule has 0 aromatic heterocycles. The molecule has 7 heteroatoms. The minimum absolute atomic E-state index is 0.0745. The first-order valence-corrected chi connectivity index (χ1v) is 9.60. The van der Waals surface area contributed by atoms with Crippen molar-refractivity contribution in [2.24, 2.45) is 23.7 Å². The number of hydrogen-bond donors (Lipinski definition) is 2. The molecule has 0 spiro atoms. The van der Waals surface area contributed by atoms with Crippen molar-refractivity contribution < 1.29 is 23.1 Å². The van der Waals surface area contributed by atoms with E-state index >= 15 is 0 Å². The fourth-order valence-electron chi connectivity index (χ4n) is 3.70.